The number of pyridine rings is 1. The van der Waals surface area contributed by atoms with Crippen LogP contribution >= 0.6 is 31.8 Å². The lowest BCUT2D eigenvalue weighted by Crippen LogP contribution is -2.14. The van der Waals surface area contributed by atoms with Crippen LogP contribution in [-0.2, 0) is 0 Å². The lowest BCUT2D eigenvalue weighted by molar-refractivity contribution is 0.626. The van der Waals surface area contributed by atoms with Crippen LogP contribution in [0.25, 0.3) is 88.1 Å². The molecule has 7 aromatic carbocycles. The third kappa shape index (κ3) is 4.84. The van der Waals surface area contributed by atoms with E-state index < -0.39 is 0 Å². The van der Waals surface area contributed by atoms with Gasteiger partial charge in [0.2, 0.25) is 0 Å². The second-order valence-electron chi connectivity index (χ2n) is 13.7. The van der Waals surface area contributed by atoms with Crippen LogP contribution in [0.1, 0.15) is 11.1 Å². The molecule has 0 saturated heterocycles. The Morgan fingerprint density at radius 2 is 1.11 bits per heavy atom. The SMILES string of the molecule is Cc1c(C)c(-n2c3ccccc3c3ccc(-c4cccc5cccc(-c6ccc(-n7c8ccccc8c8ccccc87)nc6)c45)cc32)c(I)c(F)c1P. The quantitative estimate of drug-likeness (QED) is 0.128. The van der Waals surface area contributed by atoms with Crippen molar-refractivity contribution in [3.63, 3.8) is 0 Å². The van der Waals surface area contributed by atoms with E-state index in [1.807, 2.05) is 13.1 Å². The van der Waals surface area contributed by atoms with E-state index in [1.165, 1.54) is 16.2 Å². The zero-order valence-electron chi connectivity index (χ0n) is 29.0. The molecule has 3 aromatic heterocycles. The van der Waals surface area contributed by atoms with Crippen molar-refractivity contribution in [2.45, 2.75) is 13.8 Å². The molecule has 3 heterocycles. The highest BCUT2D eigenvalue weighted by Crippen LogP contribution is 2.41. The first-order valence-electron chi connectivity index (χ1n) is 17.6. The van der Waals surface area contributed by atoms with Crippen LogP contribution in [-0.4, -0.2) is 14.1 Å². The average Bonchev–Trinajstić information content (AvgIpc) is 3.72. The third-order valence-corrected chi connectivity index (χ3v) is 12.6. The third-order valence-electron chi connectivity index (χ3n) is 10.9. The number of hydrogen-bond donors (Lipinski definition) is 0. The number of benzene rings is 7. The number of halogens is 2. The minimum Gasteiger partial charge on any atom is -0.308 e. The molecule has 0 saturated carbocycles. The van der Waals surface area contributed by atoms with Crippen LogP contribution in [0.3, 0.4) is 0 Å². The minimum absolute atomic E-state index is 0.188. The summed E-state index contributed by atoms with van der Waals surface area (Å²) >= 11 is 2.18. The van der Waals surface area contributed by atoms with E-state index in [9.17, 15) is 0 Å². The number of para-hydroxylation sites is 3. The zero-order valence-corrected chi connectivity index (χ0v) is 32.3. The van der Waals surface area contributed by atoms with E-state index in [0.717, 1.165) is 83.1 Å². The average molecular weight is 816 g/mol. The van der Waals surface area contributed by atoms with Crippen LogP contribution in [0.4, 0.5) is 4.39 Å². The van der Waals surface area contributed by atoms with Gasteiger partial charge in [-0.1, -0.05) is 103 Å². The number of rotatable bonds is 4. The van der Waals surface area contributed by atoms with Crippen LogP contribution in [0, 0.1) is 23.2 Å². The van der Waals surface area contributed by atoms with Gasteiger partial charge < -0.3 is 4.57 Å². The van der Waals surface area contributed by atoms with Crippen LogP contribution in [0.2, 0.25) is 0 Å². The normalized spacial score (nSPS) is 11.9. The predicted molar refractivity (Wildman–Crippen MR) is 233 cm³/mol. The number of hydrogen-bond acceptors (Lipinski definition) is 1. The van der Waals surface area contributed by atoms with Gasteiger partial charge in [0.15, 0.2) is 0 Å². The van der Waals surface area contributed by atoms with Crippen molar-refractivity contribution in [3.05, 3.63) is 166 Å². The first-order valence-corrected chi connectivity index (χ1v) is 19.3. The van der Waals surface area contributed by atoms with Gasteiger partial charge in [0.05, 0.1) is 31.3 Å². The lowest BCUT2D eigenvalue weighted by Gasteiger charge is -2.19. The van der Waals surface area contributed by atoms with Crippen LogP contribution in [0.15, 0.2) is 146 Å². The highest BCUT2D eigenvalue weighted by Gasteiger charge is 2.22. The molecule has 0 N–H and O–H groups in total. The molecule has 1 atom stereocenters. The van der Waals surface area contributed by atoms with Gasteiger partial charge in [-0.25, -0.2) is 9.37 Å². The molecule has 0 aliphatic carbocycles. The second-order valence-corrected chi connectivity index (χ2v) is 15.4. The first-order chi connectivity index (χ1) is 25.9. The fourth-order valence-electron chi connectivity index (χ4n) is 8.25. The monoisotopic (exact) mass is 815 g/mol. The molecule has 10 rings (SSSR count). The predicted octanol–water partition coefficient (Wildman–Crippen LogP) is 12.6. The molecule has 0 bridgehead atoms. The molecule has 6 heteroatoms. The Labute approximate surface area is 322 Å². The van der Waals surface area contributed by atoms with Crippen molar-refractivity contribution in [2.75, 3.05) is 0 Å². The maximum atomic E-state index is 15.7. The summed E-state index contributed by atoms with van der Waals surface area (Å²) in [5.41, 5.74) is 11.7. The summed E-state index contributed by atoms with van der Waals surface area (Å²) in [6, 6.07) is 49.5. The fourth-order valence-corrected chi connectivity index (χ4v) is 9.84. The van der Waals surface area contributed by atoms with E-state index >= 15 is 4.39 Å². The molecule has 1 unspecified atom stereocenters. The minimum atomic E-state index is -0.188. The summed E-state index contributed by atoms with van der Waals surface area (Å²) in [6.07, 6.45) is 2.00. The van der Waals surface area contributed by atoms with Gasteiger partial charge >= 0.3 is 0 Å². The smallest absolute Gasteiger partial charge is 0.146 e. The molecule has 53 heavy (non-hydrogen) atoms. The lowest BCUT2D eigenvalue weighted by atomic mass is 9.91. The Kier molecular flexibility index (Phi) is 7.54. The number of nitrogens with zero attached hydrogens (tertiary/aromatic N) is 3. The summed E-state index contributed by atoms with van der Waals surface area (Å²) in [4.78, 5) is 5.08. The van der Waals surface area contributed by atoms with Gasteiger partial charge in [-0.15, -0.1) is 9.24 Å². The molecule has 0 fully saturated rings. The summed E-state index contributed by atoms with van der Waals surface area (Å²) in [6.45, 7) is 4.10. The second kappa shape index (κ2) is 12.4. The van der Waals surface area contributed by atoms with Crippen molar-refractivity contribution >= 4 is 91.5 Å². The van der Waals surface area contributed by atoms with Crippen molar-refractivity contribution in [1.82, 2.24) is 14.1 Å². The Balaban J connectivity index is 1.17. The molecule has 0 radical (unpaired) electrons. The Bertz CT molecular complexity index is 3030. The largest absolute Gasteiger partial charge is 0.308 e. The van der Waals surface area contributed by atoms with Crippen molar-refractivity contribution in [2.24, 2.45) is 0 Å². The van der Waals surface area contributed by atoms with E-state index in [2.05, 4.69) is 187 Å². The maximum absolute atomic E-state index is 15.7. The van der Waals surface area contributed by atoms with Crippen LogP contribution < -0.4 is 5.30 Å². The summed E-state index contributed by atoms with van der Waals surface area (Å²) in [5.74, 6) is 0.698. The Morgan fingerprint density at radius 3 is 1.72 bits per heavy atom. The van der Waals surface area contributed by atoms with Gasteiger partial charge in [-0.05, 0) is 111 Å². The molecule has 3 nitrogen and oxygen atoms in total. The summed E-state index contributed by atoms with van der Waals surface area (Å²) in [7, 11) is 2.60. The van der Waals surface area contributed by atoms with Gasteiger partial charge in [-0.2, -0.15) is 0 Å². The van der Waals surface area contributed by atoms with Gasteiger partial charge in [0, 0.05) is 38.6 Å². The standard InChI is InChI=1S/C47H32FIN3P/c1-27-28(2)47(53)44(48)45(49)46(27)52-40-20-8-5-15-36(40)37-23-21-30(25-41(37)52)32-16-9-11-29-12-10-17-33(43(29)32)31-22-24-42(50-26-31)51-38-18-6-3-13-34(38)35-14-4-7-19-39(35)51/h3-26H,53H2,1-2H3. The molecule has 0 aliphatic rings. The molecule has 0 spiro atoms. The first kappa shape index (κ1) is 32.3. The molecule has 0 aliphatic heterocycles. The van der Waals surface area contributed by atoms with E-state index in [0.29, 0.717) is 8.87 Å². The number of fused-ring (bicyclic) bond motifs is 7. The highest BCUT2D eigenvalue weighted by atomic mass is 127. The molecule has 10 aromatic rings. The zero-order chi connectivity index (χ0) is 36.0. The van der Waals surface area contributed by atoms with Gasteiger partial charge in [0.1, 0.15) is 11.6 Å². The van der Waals surface area contributed by atoms with Gasteiger partial charge in [0.25, 0.3) is 0 Å². The molecule has 254 valence electrons. The van der Waals surface area contributed by atoms with Crippen molar-refractivity contribution < 1.29 is 4.39 Å². The highest BCUT2D eigenvalue weighted by molar-refractivity contribution is 14.1. The van der Waals surface area contributed by atoms with Crippen LogP contribution in [0.5, 0.6) is 0 Å². The Hall–Kier alpha value is -5.36. The summed E-state index contributed by atoms with van der Waals surface area (Å²) in [5, 5.41) is 7.67. The van der Waals surface area contributed by atoms with Crippen molar-refractivity contribution in [1.29, 1.82) is 0 Å². The fraction of sp³-hybridized carbons (Fsp3) is 0.0426. The van der Waals surface area contributed by atoms with Gasteiger partial charge in [-0.3, -0.25) is 4.57 Å². The van der Waals surface area contributed by atoms with E-state index in [4.69, 9.17) is 4.98 Å². The number of aromatic nitrogens is 3. The summed E-state index contributed by atoms with van der Waals surface area (Å²) < 4.78 is 20.9. The molecular formula is C47H32FIN3P. The maximum Gasteiger partial charge on any atom is 0.146 e. The van der Waals surface area contributed by atoms with E-state index in [1.54, 1.807) is 0 Å². The Morgan fingerprint density at radius 1 is 0.566 bits per heavy atom. The van der Waals surface area contributed by atoms with Crippen molar-refractivity contribution in [3.8, 4) is 33.8 Å². The topological polar surface area (TPSA) is 22.8 Å². The molecular weight excluding hydrogens is 783 g/mol. The molecule has 0 amide bonds. The van der Waals surface area contributed by atoms with E-state index in [-0.39, 0.29) is 5.82 Å².